The quantitative estimate of drug-likeness (QED) is 0.390. The van der Waals surface area contributed by atoms with Crippen LogP contribution in [0.15, 0.2) is 28.7 Å². The van der Waals surface area contributed by atoms with E-state index in [1.165, 1.54) is 0 Å². The molecule has 1 aromatic rings. The first-order chi connectivity index (χ1) is 17.0. The fourth-order valence-electron chi connectivity index (χ4n) is 6.43. The molecule has 6 N–H and O–H groups in total. The predicted molar refractivity (Wildman–Crippen MR) is 131 cm³/mol. The van der Waals surface area contributed by atoms with Gasteiger partial charge in [-0.05, 0) is 49.7 Å². The maximum Gasteiger partial charge on any atom is 0.255 e. The molecule has 0 spiro atoms. The van der Waals surface area contributed by atoms with Crippen LogP contribution in [0.4, 0.5) is 11.4 Å². The minimum atomic E-state index is -2.56. The van der Waals surface area contributed by atoms with E-state index in [9.17, 15) is 34.8 Å². The first-order valence-corrected chi connectivity index (χ1v) is 12.3. The highest BCUT2D eigenvalue weighted by Gasteiger charge is 2.59. The lowest BCUT2D eigenvalue weighted by molar-refractivity contribution is -0.144. The van der Waals surface area contributed by atoms with Gasteiger partial charge in [-0.1, -0.05) is 0 Å². The summed E-state index contributed by atoms with van der Waals surface area (Å²) in [6.45, 7) is 1.48. The van der Waals surface area contributed by atoms with E-state index in [1.807, 2.05) is 30.0 Å². The third-order valence-electron chi connectivity index (χ3n) is 8.20. The zero-order valence-corrected chi connectivity index (χ0v) is 20.4. The Morgan fingerprint density at radius 2 is 1.78 bits per heavy atom. The SMILES string of the molecule is CN(C)c1cc(N2CCCCC2)c(O)c2c1C[C@H]1C[C@H]3CC(O)=C(C(N)=O)C(=O)[C@@]3(O)C(O)=C1C2=O. The van der Waals surface area contributed by atoms with Gasteiger partial charge in [-0.2, -0.15) is 0 Å². The van der Waals surface area contributed by atoms with Gasteiger partial charge in [0.15, 0.2) is 11.4 Å². The van der Waals surface area contributed by atoms with Crippen molar-refractivity contribution in [2.75, 3.05) is 37.0 Å². The molecular weight excluding hydrogens is 466 g/mol. The number of rotatable bonds is 3. The molecule has 3 aliphatic carbocycles. The fraction of sp³-hybridized carbons (Fsp3) is 0.500. The number of fused-ring (bicyclic) bond motifs is 3. The number of allylic oxidation sites excluding steroid dienone is 2. The number of Topliss-reactive ketones (excluding diaryl/α,β-unsaturated/α-hetero) is 2. The van der Waals surface area contributed by atoms with Crippen LogP contribution in [0.1, 0.15) is 48.0 Å². The second-order valence-electron chi connectivity index (χ2n) is 10.5. The number of benzene rings is 1. The Balaban J connectivity index is 1.68. The van der Waals surface area contributed by atoms with Crippen molar-refractivity contribution in [3.05, 3.63) is 39.9 Å². The standard InChI is InChI=1S/C26H31N3O7/c1-28(2)15-11-16(29-6-4-3-5-7-29)21(31)19-14(15)9-12-8-13-10-17(30)20(25(27)35)24(34)26(13,36)23(33)18(12)22(19)32/h11-13,30-31,33,36H,3-10H2,1-2H3,(H2,27,35)/t12-,13+,26+/m1/s1. The van der Waals surface area contributed by atoms with Crippen molar-refractivity contribution in [1.82, 2.24) is 0 Å². The third-order valence-corrected chi connectivity index (χ3v) is 8.20. The van der Waals surface area contributed by atoms with Gasteiger partial charge < -0.3 is 36.0 Å². The number of aromatic hydroxyl groups is 1. The highest BCUT2D eigenvalue weighted by molar-refractivity contribution is 6.24. The number of aliphatic hydroxyl groups excluding tert-OH is 2. The van der Waals surface area contributed by atoms with E-state index >= 15 is 0 Å². The van der Waals surface area contributed by atoms with Gasteiger partial charge in [0.1, 0.15) is 22.8 Å². The lowest BCUT2D eigenvalue weighted by Crippen LogP contribution is -2.57. The number of ketones is 2. The van der Waals surface area contributed by atoms with E-state index in [-0.39, 0.29) is 36.1 Å². The van der Waals surface area contributed by atoms with Crippen molar-refractivity contribution in [3.8, 4) is 5.75 Å². The Labute approximate surface area is 208 Å². The van der Waals surface area contributed by atoms with Gasteiger partial charge in [0.25, 0.3) is 5.91 Å². The number of nitrogens with zero attached hydrogens (tertiary/aromatic N) is 2. The molecule has 5 rings (SSSR count). The lowest BCUT2D eigenvalue weighted by atomic mass is 9.60. The minimum absolute atomic E-state index is 0.0541. The molecule has 1 heterocycles. The summed E-state index contributed by atoms with van der Waals surface area (Å²) < 4.78 is 0. The van der Waals surface area contributed by atoms with Crippen molar-refractivity contribution < 1.29 is 34.8 Å². The Morgan fingerprint density at radius 3 is 2.39 bits per heavy atom. The van der Waals surface area contributed by atoms with E-state index < -0.39 is 52.0 Å². The number of phenols is 1. The highest BCUT2D eigenvalue weighted by atomic mass is 16.3. The average Bonchev–Trinajstić information content (AvgIpc) is 2.81. The molecular formula is C26H31N3O7. The van der Waals surface area contributed by atoms with Crippen LogP contribution in [0.3, 0.4) is 0 Å². The van der Waals surface area contributed by atoms with Crippen LogP contribution < -0.4 is 15.5 Å². The topological polar surface area (TPSA) is 165 Å². The summed E-state index contributed by atoms with van der Waals surface area (Å²) in [4.78, 5) is 42.7. The molecule has 192 valence electrons. The molecule has 10 nitrogen and oxygen atoms in total. The molecule has 1 saturated heterocycles. The zero-order valence-electron chi connectivity index (χ0n) is 20.4. The van der Waals surface area contributed by atoms with Crippen molar-refractivity contribution in [2.45, 2.75) is 44.1 Å². The summed E-state index contributed by atoms with van der Waals surface area (Å²) in [7, 11) is 3.71. The van der Waals surface area contributed by atoms with Gasteiger partial charge in [0.2, 0.25) is 5.78 Å². The van der Waals surface area contributed by atoms with Gasteiger partial charge >= 0.3 is 0 Å². The molecule has 1 aromatic carbocycles. The van der Waals surface area contributed by atoms with Crippen LogP contribution in [0.25, 0.3) is 0 Å². The molecule has 3 atom stereocenters. The molecule has 0 radical (unpaired) electrons. The van der Waals surface area contributed by atoms with Gasteiger partial charge in [0.05, 0.1) is 11.3 Å². The van der Waals surface area contributed by atoms with Crippen LogP contribution >= 0.6 is 0 Å². The number of nitrogens with two attached hydrogens (primary N) is 1. The number of piperidine rings is 1. The van der Waals surface area contributed by atoms with Crippen LogP contribution in [-0.2, 0) is 16.0 Å². The van der Waals surface area contributed by atoms with Gasteiger partial charge in [-0.3, -0.25) is 14.4 Å². The highest BCUT2D eigenvalue weighted by Crippen LogP contribution is 2.53. The van der Waals surface area contributed by atoms with Crippen molar-refractivity contribution in [3.63, 3.8) is 0 Å². The van der Waals surface area contributed by atoms with Crippen LogP contribution in [0.5, 0.6) is 5.75 Å². The van der Waals surface area contributed by atoms with E-state index in [2.05, 4.69) is 0 Å². The van der Waals surface area contributed by atoms with Gasteiger partial charge in [-0.15, -0.1) is 0 Å². The Hall–Kier alpha value is -3.53. The molecule has 1 aliphatic heterocycles. The van der Waals surface area contributed by atoms with Gasteiger partial charge in [-0.25, -0.2) is 0 Å². The van der Waals surface area contributed by atoms with Crippen molar-refractivity contribution in [1.29, 1.82) is 0 Å². The number of carbonyl (C=O) groups is 3. The maximum absolute atomic E-state index is 13.9. The van der Waals surface area contributed by atoms with Crippen molar-refractivity contribution >= 4 is 28.8 Å². The van der Waals surface area contributed by atoms with E-state index in [4.69, 9.17) is 5.73 Å². The van der Waals surface area contributed by atoms with E-state index in [0.717, 1.165) is 38.0 Å². The van der Waals surface area contributed by atoms with Crippen LogP contribution in [0, 0.1) is 11.8 Å². The molecule has 1 amide bonds. The Morgan fingerprint density at radius 1 is 1.11 bits per heavy atom. The molecule has 0 bridgehead atoms. The smallest absolute Gasteiger partial charge is 0.255 e. The van der Waals surface area contributed by atoms with Crippen LogP contribution in [0.2, 0.25) is 0 Å². The second-order valence-corrected chi connectivity index (χ2v) is 10.5. The van der Waals surface area contributed by atoms with Crippen LogP contribution in [-0.4, -0.2) is 70.7 Å². The molecule has 0 unspecified atom stereocenters. The minimum Gasteiger partial charge on any atom is -0.511 e. The molecule has 36 heavy (non-hydrogen) atoms. The first kappa shape index (κ1) is 24.2. The third kappa shape index (κ3) is 3.23. The summed E-state index contributed by atoms with van der Waals surface area (Å²) in [5.41, 5.74) is 3.78. The number of primary amides is 1. The number of hydrogen-bond acceptors (Lipinski definition) is 9. The Bertz CT molecular complexity index is 1260. The molecule has 1 fully saturated rings. The number of carbonyl (C=O) groups excluding carboxylic acids is 3. The summed E-state index contributed by atoms with van der Waals surface area (Å²) in [5, 5.41) is 44.2. The largest absolute Gasteiger partial charge is 0.511 e. The fourth-order valence-corrected chi connectivity index (χ4v) is 6.43. The number of phenolic OH excluding ortho intramolecular Hbond substituents is 1. The molecule has 0 aromatic heterocycles. The van der Waals surface area contributed by atoms with E-state index in [0.29, 0.717) is 11.3 Å². The van der Waals surface area contributed by atoms with Gasteiger partial charge in [0, 0.05) is 50.8 Å². The predicted octanol–water partition coefficient (Wildman–Crippen LogP) is 1.64. The normalized spacial score (nSPS) is 28.0. The Kier molecular flexibility index (Phi) is 5.55. The number of amides is 1. The monoisotopic (exact) mass is 497 g/mol. The zero-order chi connectivity index (χ0) is 26.1. The van der Waals surface area contributed by atoms with E-state index in [1.54, 1.807) is 0 Å². The second kappa shape index (κ2) is 8.26. The molecule has 0 saturated carbocycles. The summed E-state index contributed by atoms with van der Waals surface area (Å²) in [6.07, 6.45) is 3.19. The summed E-state index contributed by atoms with van der Waals surface area (Å²) >= 11 is 0. The molecule has 10 heteroatoms. The number of anilines is 2. The number of aliphatic hydroxyl groups is 3. The first-order valence-electron chi connectivity index (χ1n) is 12.3. The maximum atomic E-state index is 13.9. The van der Waals surface area contributed by atoms with Crippen molar-refractivity contribution in [2.24, 2.45) is 17.6 Å². The number of hydrogen-bond donors (Lipinski definition) is 5. The lowest BCUT2D eigenvalue weighted by Gasteiger charge is -2.46. The average molecular weight is 498 g/mol. The molecule has 4 aliphatic rings. The summed E-state index contributed by atoms with van der Waals surface area (Å²) in [5.74, 6) is -6.12. The summed E-state index contributed by atoms with van der Waals surface area (Å²) in [6, 6.07) is 1.89.